The van der Waals surface area contributed by atoms with Gasteiger partial charge in [0, 0.05) is 51.8 Å². The lowest BCUT2D eigenvalue weighted by molar-refractivity contribution is -0.136. The van der Waals surface area contributed by atoms with E-state index in [0.717, 1.165) is 49.7 Å². The van der Waals surface area contributed by atoms with Crippen LogP contribution >= 0.6 is 0 Å². The van der Waals surface area contributed by atoms with Crippen LogP contribution < -0.4 is 26.4 Å². The molecule has 3 saturated heterocycles. The molecule has 4 N–H and O–H groups in total. The first-order valence-corrected chi connectivity index (χ1v) is 13.6. The van der Waals surface area contributed by atoms with Crippen LogP contribution in [0.3, 0.4) is 0 Å². The Kier molecular flexibility index (Phi) is 8.24. The monoisotopic (exact) mass is 545 g/mol. The lowest BCUT2D eigenvalue weighted by atomic mass is 9.98. The molecule has 0 aliphatic carbocycles. The summed E-state index contributed by atoms with van der Waals surface area (Å²) >= 11 is 0. The molecule has 1 aromatic carbocycles. The van der Waals surface area contributed by atoms with E-state index in [9.17, 15) is 19.2 Å². The number of hydrazine groups is 1. The van der Waals surface area contributed by atoms with Crippen molar-refractivity contribution in [3.05, 3.63) is 29.1 Å². The molecule has 0 spiro atoms. The number of hydrogen-bond donors (Lipinski definition) is 4. The number of amides is 4. The molecular weight excluding hydrogens is 509 g/mol. The number of methoxy groups -OCH3 is 1. The van der Waals surface area contributed by atoms with Gasteiger partial charge in [-0.15, -0.1) is 0 Å². The quantitative estimate of drug-likeness (QED) is 0.199. The molecule has 3 fully saturated rings. The minimum Gasteiger partial charge on any atom is -0.369 e. The molecule has 39 heavy (non-hydrogen) atoms. The van der Waals surface area contributed by atoms with Crippen molar-refractivity contribution in [2.45, 2.75) is 63.0 Å². The number of anilines is 1. The third-order valence-corrected chi connectivity index (χ3v) is 8.17. The molecule has 13 heteroatoms. The van der Waals surface area contributed by atoms with Crippen LogP contribution in [-0.4, -0.2) is 98.2 Å². The maximum atomic E-state index is 15.2. The molecule has 1 aromatic rings. The molecule has 4 heterocycles. The zero-order valence-electron chi connectivity index (χ0n) is 22.3. The second-order valence-corrected chi connectivity index (χ2v) is 10.5. The van der Waals surface area contributed by atoms with Gasteiger partial charge < -0.3 is 15.0 Å². The van der Waals surface area contributed by atoms with Gasteiger partial charge in [0.2, 0.25) is 11.8 Å². The number of nitrogens with zero attached hydrogens (tertiary/aromatic N) is 3. The fourth-order valence-electron chi connectivity index (χ4n) is 6.07. The van der Waals surface area contributed by atoms with Gasteiger partial charge in [0.1, 0.15) is 11.9 Å². The summed E-state index contributed by atoms with van der Waals surface area (Å²) in [6.45, 7) is 3.05. The molecule has 4 aliphatic heterocycles. The van der Waals surface area contributed by atoms with E-state index in [0.29, 0.717) is 25.2 Å². The number of nitrogens with one attached hydrogen (secondary N) is 4. The third-order valence-electron chi connectivity index (χ3n) is 8.17. The van der Waals surface area contributed by atoms with E-state index in [1.54, 1.807) is 7.11 Å². The van der Waals surface area contributed by atoms with E-state index < -0.39 is 35.5 Å². The topological polar surface area (TPSA) is 135 Å². The van der Waals surface area contributed by atoms with Gasteiger partial charge in [-0.1, -0.05) is 0 Å². The highest BCUT2D eigenvalue weighted by atomic mass is 19.1. The molecule has 4 amide bonds. The Balaban J connectivity index is 1.18. The smallest absolute Gasteiger partial charge is 0.262 e. The number of piperidine rings is 3. The van der Waals surface area contributed by atoms with Crippen molar-refractivity contribution in [1.29, 1.82) is 0 Å². The van der Waals surface area contributed by atoms with Crippen molar-refractivity contribution in [3.63, 3.8) is 0 Å². The van der Waals surface area contributed by atoms with Crippen LogP contribution in [0.1, 0.15) is 59.2 Å². The van der Waals surface area contributed by atoms with E-state index in [1.165, 1.54) is 6.07 Å². The zero-order valence-corrected chi connectivity index (χ0v) is 22.3. The summed E-state index contributed by atoms with van der Waals surface area (Å²) in [6.07, 6.45) is 3.59. The van der Waals surface area contributed by atoms with Crippen molar-refractivity contribution in [3.8, 4) is 0 Å². The Morgan fingerprint density at radius 1 is 0.949 bits per heavy atom. The first-order chi connectivity index (χ1) is 18.8. The Morgan fingerprint density at radius 3 is 2.15 bits per heavy atom. The number of imide groups is 2. The highest BCUT2D eigenvalue weighted by Crippen LogP contribution is 2.33. The lowest BCUT2D eigenvalue weighted by Gasteiger charge is -2.40. The first kappa shape index (κ1) is 27.6. The number of ether oxygens (including phenoxy) is 1. The average Bonchev–Trinajstić information content (AvgIpc) is 3.16. The number of benzene rings is 1. The molecule has 212 valence electrons. The Hall–Kier alpha value is -2.97. The number of hydrogen-bond acceptors (Lipinski definition) is 10. The minimum absolute atomic E-state index is 0.0345. The number of carbonyl (C=O) groups excluding carboxylic acids is 4. The van der Waals surface area contributed by atoms with E-state index >= 15 is 4.39 Å². The second kappa shape index (κ2) is 11.6. The van der Waals surface area contributed by atoms with Gasteiger partial charge in [0.15, 0.2) is 6.35 Å². The standard InChI is InChI=1S/C26H36FN7O5/c1-28-31-26(39-2)33-11-7-16(8-12-33)29-15-5-9-32(10-6-15)21-14-18-17(13-19(21)27)24(37)34(25(18)38)20-3-4-22(35)30-23(20)36/h13-16,20,26,28-29,31H,3-12H2,1-2H3,(H,30,35,36). The fourth-order valence-corrected chi connectivity index (χ4v) is 6.07. The SMILES string of the molecule is CNNC(OC)N1CCC(NC2CCN(c3cc4c(cc3F)C(=O)N(C3CCC(=O)NC3=O)C4=O)CC2)CC1. The molecule has 4 aliphatic rings. The van der Waals surface area contributed by atoms with E-state index in [-0.39, 0.29) is 36.0 Å². The summed E-state index contributed by atoms with van der Waals surface area (Å²) in [4.78, 5) is 54.9. The van der Waals surface area contributed by atoms with Crippen LogP contribution in [0.25, 0.3) is 0 Å². The number of likely N-dealkylation sites (tertiary alicyclic amines) is 1. The van der Waals surface area contributed by atoms with Crippen LogP contribution in [0.15, 0.2) is 12.1 Å². The van der Waals surface area contributed by atoms with Crippen LogP contribution in [-0.2, 0) is 14.3 Å². The molecule has 0 radical (unpaired) electrons. The number of halogens is 1. The third kappa shape index (κ3) is 5.54. The predicted molar refractivity (Wildman–Crippen MR) is 139 cm³/mol. The van der Waals surface area contributed by atoms with Gasteiger partial charge >= 0.3 is 0 Å². The Bertz CT molecular complexity index is 1130. The molecular formula is C26H36FN7O5. The fraction of sp³-hybridized carbons (Fsp3) is 0.615. The normalized spacial score (nSPS) is 24.3. The summed E-state index contributed by atoms with van der Waals surface area (Å²) in [6, 6.07) is 2.19. The van der Waals surface area contributed by atoms with Gasteiger partial charge in [-0.05, 0) is 51.3 Å². The van der Waals surface area contributed by atoms with Crippen LogP contribution in [0.4, 0.5) is 10.1 Å². The molecule has 2 atom stereocenters. The van der Waals surface area contributed by atoms with E-state index in [2.05, 4.69) is 26.4 Å². The van der Waals surface area contributed by atoms with Gasteiger partial charge in [-0.25, -0.2) is 9.82 Å². The second-order valence-electron chi connectivity index (χ2n) is 10.5. The van der Waals surface area contributed by atoms with Crippen molar-refractivity contribution >= 4 is 29.3 Å². The summed E-state index contributed by atoms with van der Waals surface area (Å²) < 4.78 is 20.7. The molecule has 5 rings (SSSR count). The summed E-state index contributed by atoms with van der Waals surface area (Å²) in [5.41, 5.74) is 6.35. The largest absolute Gasteiger partial charge is 0.369 e. The highest BCUT2D eigenvalue weighted by Gasteiger charge is 2.45. The maximum Gasteiger partial charge on any atom is 0.262 e. The van der Waals surface area contributed by atoms with Crippen LogP contribution in [0.5, 0.6) is 0 Å². The van der Waals surface area contributed by atoms with Gasteiger partial charge in [-0.3, -0.25) is 39.7 Å². The van der Waals surface area contributed by atoms with Crippen molar-refractivity contribution in [2.24, 2.45) is 0 Å². The van der Waals surface area contributed by atoms with Crippen molar-refractivity contribution in [1.82, 2.24) is 31.3 Å². The van der Waals surface area contributed by atoms with Crippen LogP contribution in [0.2, 0.25) is 0 Å². The van der Waals surface area contributed by atoms with E-state index in [4.69, 9.17) is 4.74 Å². The Morgan fingerprint density at radius 2 is 1.56 bits per heavy atom. The van der Waals surface area contributed by atoms with Crippen LogP contribution in [0, 0.1) is 5.82 Å². The zero-order chi connectivity index (χ0) is 27.7. The minimum atomic E-state index is -1.07. The number of fused-ring (bicyclic) bond motifs is 1. The van der Waals surface area contributed by atoms with E-state index in [1.807, 2.05) is 11.9 Å². The lowest BCUT2D eigenvalue weighted by Crippen LogP contribution is -2.56. The van der Waals surface area contributed by atoms with Crippen molar-refractivity contribution < 1.29 is 28.3 Å². The van der Waals surface area contributed by atoms with Gasteiger partial charge in [-0.2, -0.15) is 0 Å². The van der Waals surface area contributed by atoms with Crippen molar-refractivity contribution in [2.75, 3.05) is 45.2 Å². The predicted octanol–water partition coefficient (Wildman–Crippen LogP) is -0.0963. The highest BCUT2D eigenvalue weighted by molar-refractivity contribution is 6.23. The maximum absolute atomic E-state index is 15.2. The summed E-state index contributed by atoms with van der Waals surface area (Å²) in [7, 11) is 3.49. The molecule has 2 unspecified atom stereocenters. The molecule has 12 nitrogen and oxygen atoms in total. The first-order valence-electron chi connectivity index (χ1n) is 13.6. The number of carbonyl (C=O) groups is 4. The van der Waals surface area contributed by atoms with Gasteiger partial charge in [0.05, 0.1) is 16.8 Å². The average molecular weight is 546 g/mol. The Labute approximate surface area is 226 Å². The molecule has 0 aromatic heterocycles. The molecule has 0 saturated carbocycles. The van der Waals surface area contributed by atoms with Gasteiger partial charge in [0.25, 0.3) is 11.8 Å². The number of rotatable bonds is 8. The summed E-state index contributed by atoms with van der Waals surface area (Å²) in [5, 5.41) is 5.94. The summed E-state index contributed by atoms with van der Waals surface area (Å²) in [5.74, 6) is -3.03. The molecule has 0 bridgehead atoms.